The Bertz CT molecular complexity index is 1040. The van der Waals surface area contributed by atoms with E-state index >= 15 is 0 Å². The fraction of sp³-hybridized carbons (Fsp3) is 0.280. The normalized spacial score (nSPS) is 16.3. The number of likely N-dealkylation sites (tertiary alicyclic amines) is 1. The number of carbonyl (C=O) groups excluding carboxylic acids is 1. The van der Waals surface area contributed by atoms with E-state index in [1.165, 1.54) is 0 Å². The van der Waals surface area contributed by atoms with Crippen LogP contribution < -0.4 is 14.8 Å². The highest BCUT2D eigenvalue weighted by Gasteiger charge is 2.30. The molecule has 0 spiro atoms. The zero-order chi connectivity index (χ0) is 22.3. The first-order chi connectivity index (χ1) is 15.6. The Kier molecular flexibility index (Phi) is 6.87. The second-order valence-corrected chi connectivity index (χ2v) is 7.73. The molecule has 0 aliphatic carbocycles. The number of benzene rings is 2. The lowest BCUT2D eigenvalue weighted by molar-refractivity contribution is -0.122. The van der Waals surface area contributed by atoms with E-state index in [2.05, 4.69) is 15.2 Å². The van der Waals surface area contributed by atoms with Gasteiger partial charge in [-0.15, -0.1) is 0 Å². The molecule has 4 rings (SSSR count). The van der Waals surface area contributed by atoms with Gasteiger partial charge in [-0.25, -0.2) is 4.98 Å². The van der Waals surface area contributed by atoms with Gasteiger partial charge in [0, 0.05) is 18.2 Å². The van der Waals surface area contributed by atoms with E-state index in [1.807, 2.05) is 36.4 Å². The summed E-state index contributed by atoms with van der Waals surface area (Å²) in [6.45, 7) is 1.22. The number of piperidine rings is 1. The summed E-state index contributed by atoms with van der Waals surface area (Å²) < 4.78 is 11.1. The second-order valence-electron chi connectivity index (χ2n) is 7.73. The molecule has 0 bridgehead atoms. The Morgan fingerprint density at radius 2 is 1.97 bits per heavy atom. The Morgan fingerprint density at radius 3 is 2.72 bits per heavy atom. The molecule has 0 radical (unpaired) electrons. The van der Waals surface area contributed by atoms with Crippen LogP contribution in [0.25, 0.3) is 0 Å². The van der Waals surface area contributed by atoms with Crippen molar-refractivity contribution in [1.29, 1.82) is 0 Å². The first-order valence-corrected chi connectivity index (χ1v) is 10.7. The van der Waals surface area contributed by atoms with Crippen molar-refractivity contribution in [2.75, 3.05) is 19.0 Å². The molecular formula is C25H27N3O4. The number of phenols is 1. The van der Waals surface area contributed by atoms with Crippen molar-refractivity contribution >= 4 is 11.6 Å². The van der Waals surface area contributed by atoms with Crippen LogP contribution in [0.5, 0.6) is 23.1 Å². The third-order valence-electron chi connectivity index (χ3n) is 5.58. The number of nitrogens with zero attached hydrogens (tertiary/aromatic N) is 2. The van der Waals surface area contributed by atoms with E-state index in [9.17, 15) is 9.90 Å². The molecule has 1 aliphatic rings. The van der Waals surface area contributed by atoms with Crippen molar-refractivity contribution in [1.82, 2.24) is 9.88 Å². The fourth-order valence-corrected chi connectivity index (χ4v) is 3.93. The van der Waals surface area contributed by atoms with Crippen molar-refractivity contribution in [3.05, 3.63) is 72.4 Å². The molecule has 166 valence electrons. The number of para-hydroxylation sites is 1. The summed E-state index contributed by atoms with van der Waals surface area (Å²) in [6, 6.07) is 17.8. The number of nitrogens with one attached hydrogen (secondary N) is 1. The second kappa shape index (κ2) is 10.2. The first-order valence-electron chi connectivity index (χ1n) is 10.7. The van der Waals surface area contributed by atoms with Gasteiger partial charge < -0.3 is 19.9 Å². The monoisotopic (exact) mass is 433 g/mol. The summed E-state index contributed by atoms with van der Waals surface area (Å²) in [7, 11) is 1.58. The van der Waals surface area contributed by atoms with Crippen LogP contribution >= 0.6 is 0 Å². The lowest BCUT2D eigenvalue weighted by atomic mass is 10.00. The van der Waals surface area contributed by atoms with Crippen LogP contribution in [0, 0.1) is 0 Å². The van der Waals surface area contributed by atoms with E-state index in [1.54, 1.807) is 37.6 Å². The summed E-state index contributed by atoms with van der Waals surface area (Å²) in [6.07, 6.45) is 4.33. The summed E-state index contributed by atoms with van der Waals surface area (Å²) in [5, 5.41) is 13.3. The highest BCUT2D eigenvalue weighted by Crippen LogP contribution is 2.31. The van der Waals surface area contributed by atoms with Crippen LogP contribution in [0.3, 0.4) is 0 Å². The SMILES string of the molecule is COc1cccc(O)c1CN1CCCC[C@@H]1C(=O)Nc1ccc(Oc2ccccc2)nc1. The summed E-state index contributed by atoms with van der Waals surface area (Å²) in [4.78, 5) is 19.5. The number of ether oxygens (including phenoxy) is 2. The third kappa shape index (κ3) is 5.18. The van der Waals surface area contributed by atoms with Gasteiger partial charge in [0.2, 0.25) is 11.8 Å². The lowest BCUT2D eigenvalue weighted by Gasteiger charge is -2.35. The molecule has 7 heteroatoms. The zero-order valence-electron chi connectivity index (χ0n) is 18.0. The van der Waals surface area contributed by atoms with E-state index < -0.39 is 0 Å². The molecule has 0 unspecified atom stereocenters. The quantitative estimate of drug-likeness (QED) is 0.567. The van der Waals surface area contributed by atoms with Gasteiger partial charge in [-0.3, -0.25) is 9.69 Å². The van der Waals surface area contributed by atoms with Gasteiger partial charge in [0.15, 0.2) is 0 Å². The molecule has 32 heavy (non-hydrogen) atoms. The van der Waals surface area contributed by atoms with Crippen LogP contribution in [-0.2, 0) is 11.3 Å². The largest absolute Gasteiger partial charge is 0.507 e. The average Bonchev–Trinajstić information content (AvgIpc) is 2.82. The van der Waals surface area contributed by atoms with E-state index in [0.717, 1.165) is 25.8 Å². The molecule has 7 nitrogen and oxygen atoms in total. The minimum absolute atomic E-state index is 0.0855. The minimum atomic E-state index is -0.298. The zero-order valence-corrected chi connectivity index (χ0v) is 18.0. The molecule has 2 heterocycles. The van der Waals surface area contributed by atoms with Crippen LogP contribution in [0.1, 0.15) is 24.8 Å². The number of amides is 1. The van der Waals surface area contributed by atoms with E-state index in [-0.39, 0.29) is 17.7 Å². The van der Waals surface area contributed by atoms with Crippen molar-refractivity contribution in [2.45, 2.75) is 31.8 Å². The Hall–Kier alpha value is -3.58. The molecule has 3 aromatic rings. The molecular weight excluding hydrogens is 406 g/mol. The summed E-state index contributed by atoms with van der Waals surface area (Å²) in [5.41, 5.74) is 1.31. The number of aromatic hydroxyl groups is 1. The van der Waals surface area contributed by atoms with Crippen LogP contribution in [-0.4, -0.2) is 40.6 Å². The molecule has 1 amide bonds. The Labute approximate surface area is 187 Å². The molecule has 1 atom stereocenters. The highest BCUT2D eigenvalue weighted by molar-refractivity contribution is 5.94. The summed E-state index contributed by atoms with van der Waals surface area (Å²) >= 11 is 0. The van der Waals surface area contributed by atoms with Crippen molar-refractivity contribution in [3.63, 3.8) is 0 Å². The maximum absolute atomic E-state index is 13.1. The number of methoxy groups -OCH3 is 1. The van der Waals surface area contributed by atoms with Crippen molar-refractivity contribution in [3.8, 4) is 23.1 Å². The molecule has 1 aromatic heterocycles. The van der Waals surface area contributed by atoms with E-state index in [4.69, 9.17) is 9.47 Å². The minimum Gasteiger partial charge on any atom is -0.507 e. The number of carbonyl (C=O) groups is 1. The fourth-order valence-electron chi connectivity index (χ4n) is 3.93. The standard InChI is InChI=1S/C25H27N3O4/c1-31-23-12-7-11-22(29)20(23)17-28-15-6-5-10-21(28)25(30)27-18-13-14-24(26-16-18)32-19-8-3-2-4-9-19/h2-4,7-9,11-14,16,21,29H,5-6,10,15,17H2,1H3,(H,27,30)/t21-/m1/s1. The van der Waals surface area contributed by atoms with Crippen LogP contribution in [0.2, 0.25) is 0 Å². The molecule has 1 saturated heterocycles. The van der Waals surface area contributed by atoms with Gasteiger partial charge in [-0.05, 0) is 49.7 Å². The predicted octanol–water partition coefficient (Wildman–Crippen LogP) is 4.58. The number of phenolic OH excluding ortho intramolecular Hbond substituents is 1. The Morgan fingerprint density at radius 1 is 1.12 bits per heavy atom. The number of pyridine rings is 1. The van der Waals surface area contributed by atoms with Gasteiger partial charge in [0.1, 0.15) is 17.2 Å². The van der Waals surface area contributed by atoms with Crippen LogP contribution in [0.15, 0.2) is 66.9 Å². The molecule has 2 aromatic carbocycles. The molecule has 0 saturated carbocycles. The van der Waals surface area contributed by atoms with Crippen molar-refractivity contribution in [2.24, 2.45) is 0 Å². The van der Waals surface area contributed by atoms with Crippen LogP contribution in [0.4, 0.5) is 5.69 Å². The number of rotatable bonds is 7. The van der Waals surface area contributed by atoms with E-state index in [0.29, 0.717) is 35.2 Å². The highest BCUT2D eigenvalue weighted by atomic mass is 16.5. The Balaban J connectivity index is 1.42. The first kappa shape index (κ1) is 21.6. The number of hydrogen-bond donors (Lipinski definition) is 2. The molecule has 2 N–H and O–H groups in total. The predicted molar refractivity (Wildman–Crippen MR) is 122 cm³/mol. The van der Waals surface area contributed by atoms with Crippen molar-refractivity contribution < 1.29 is 19.4 Å². The van der Waals surface area contributed by atoms with Gasteiger partial charge in [-0.2, -0.15) is 0 Å². The van der Waals surface area contributed by atoms with Gasteiger partial charge in [0.05, 0.1) is 25.0 Å². The number of hydrogen-bond acceptors (Lipinski definition) is 6. The molecule has 1 fully saturated rings. The third-order valence-corrected chi connectivity index (χ3v) is 5.58. The number of aromatic nitrogens is 1. The van der Waals surface area contributed by atoms with Gasteiger partial charge in [-0.1, -0.05) is 30.7 Å². The maximum Gasteiger partial charge on any atom is 0.241 e. The summed E-state index contributed by atoms with van der Waals surface area (Å²) in [5.74, 6) is 1.87. The maximum atomic E-state index is 13.1. The lowest BCUT2D eigenvalue weighted by Crippen LogP contribution is -2.46. The molecule has 1 aliphatic heterocycles. The topological polar surface area (TPSA) is 83.9 Å². The van der Waals surface area contributed by atoms with Gasteiger partial charge >= 0.3 is 0 Å². The number of anilines is 1. The average molecular weight is 434 g/mol. The smallest absolute Gasteiger partial charge is 0.241 e. The van der Waals surface area contributed by atoms with Gasteiger partial charge in [0.25, 0.3) is 0 Å².